The number of carbonyl (C=O) groups is 3. The van der Waals surface area contributed by atoms with E-state index in [-0.39, 0.29) is 24.5 Å². The largest absolute Gasteiger partial charge is 0.379 e. The molecule has 0 saturated carbocycles. The van der Waals surface area contributed by atoms with Crippen molar-refractivity contribution in [3.63, 3.8) is 0 Å². The smallest absolute Gasteiger partial charge is 0.325 e. The van der Waals surface area contributed by atoms with Gasteiger partial charge in [-0.15, -0.1) is 0 Å². The maximum Gasteiger partial charge on any atom is 0.325 e. The van der Waals surface area contributed by atoms with Crippen molar-refractivity contribution >= 4 is 17.8 Å². The van der Waals surface area contributed by atoms with E-state index in [0.717, 1.165) is 22.4 Å². The monoisotopic (exact) mass is 359 g/mol. The zero-order chi connectivity index (χ0) is 18.7. The van der Waals surface area contributed by atoms with Crippen LogP contribution in [0.2, 0.25) is 0 Å². The first-order chi connectivity index (χ1) is 12.4. The van der Waals surface area contributed by atoms with E-state index in [9.17, 15) is 14.4 Å². The summed E-state index contributed by atoms with van der Waals surface area (Å²) in [5.41, 5.74) is 0.892. The van der Waals surface area contributed by atoms with Gasteiger partial charge in [0.25, 0.3) is 5.91 Å². The van der Waals surface area contributed by atoms with Crippen LogP contribution in [0.15, 0.2) is 24.3 Å². The molecule has 7 nitrogen and oxygen atoms in total. The Morgan fingerprint density at radius 3 is 2.88 bits per heavy atom. The van der Waals surface area contributed by atoms with Crippen LogP contribution in [0.5, 0.6) is 0 Å². The molecule has 140 valence electrons. The first kappa shape index (κ1) is 18.4. The molecule has 2 N–H and O–H groups in total. The molecule has 0 bridgehead atoms. The molecule has 1 atom stereocenters. The molecule has 1 aliphatic heterocycles. The predicted molar refractivity (Wildman–Crippen MR) is 95.4 cm³/mol. The van der Waals surface area contributed by atoms with Gasteiger partial charge < -0.3 is 15.4 Å². The number of hydrogen-bond acceptors (Lipinski definition) is 4. The summed E-state index contributed by atoms with van der Waals surface area (Å²) in [6.07, 6.45) is 2.10. The first-order valence-electron chi connectivity index (χ1n) is 9.05. The number of urea groups is 1. The second-order valence-corrected chi connectivity index (χ2v) is 7.01. The van der Waals surface area contributed by atoms with Gasteiger partial charge in [-0.2, -0.15) is 0 Å². The van der Waals surface area contributed by atoms with Gasteiger partial charge in [0.1, 0.15) is 12.1 Å². The quantitative estimate of drug-likeness (QED) is 0.568. The maximum atomic E-state index is 12.9. The van der Waals surface area contributed by atoms with Gasteiger partial charge >= 0.3 is 6.03 Å². The Morgan fingerprint density at radius 2 is 2.12 bits per heavy atom. The predicted octanol–water partition coefficient (Wildman–Crippen LogP) is 1.31. The van der Waals surface area contributed by atoms with Crippen LogP contribution in [0.1, 0.15) is 37.8 Å². The van der Waals surface area contributed by atoms with Crippen molar-refractivity contribution in [2.24, 2.45) is 0 Å². The summed E-state index contributed by atoms with van der Waals surface area (Å²) in [6, 6.07) is 7.12. The van der Waals surface area contributed by atoms with E-state index in [2.05, 4.69) is 10.6 Å². The molecule has 0 radical (unpaired) electrons. The molecule has 1 saturated heterocycles. The number of imide groups is 1. The van der Waals surface area contributed by atoms with Gasteiger partial charge in [0.05, 0.1) is 6.10 Å². The van der Waals surface area contributed by atoms with Crippen LogP contribution in [-0.4, -0.2) is 48.5 Å². The Balaban J connectivity index is 1.58. The number of nitrogens with zero attached hydrogens (tertiary/aromatic N) is 1. The minimum absolute atomic E-state index is 0.155. The van der Waals surface area contributed by atoms with E-state index < -0.39 is 11.6 Å². The number of nitrogens with one attached hydrogen (secondary N) is 2. The van der Waals surface area contributed by atoms with Crippen molar-refractivity contribution in [1.29, 1.82) is 0 Å². The Kier molecular flexibility index (Phi) is 5.27. The fourth-order valence-electron chi connectivity index (χ4n) is 3.55. The van der Waals surface area contributed by atoms with Crippen LogP contribution in [-0.2, 0) is 26.3 Å². The van der Waals surface area contributed by atoms with Crippen LogP contribution >= 0.6 is 0 Å². The lowest BCUT2D eigenvalue weighted by Crippen LogP contribution is -2.44. The maximum absolute atomic E-state index is 12.9. The third-order valence-electron chi connectivity index (χ3n) is 4.82. The molecular formula is C19H25N3O4. The van der Waals surface area contributed by atoms with Crippen molar-refractivity contribution in [2.45, 2.75) is 44.8 Å². The van der Waals surface area contributed by atoms with Crippen LogP contribution in [0, 0.1) is 0 Å². The van der Waals surface area contributed by atoms with Crippen molar-refractivity contribution in [3.8, 4) is 0 Å². The van der Waals surface area contributed by atoms with Crippen molar-refractivity contribution in [3.05, 3.63) is 35.4 Å². The summed E-state index contributed by atoms with van der Waals surface area (Å²) in [5, 5.41) is 5.55. The van der Waals surface area contributed by atoms with E-state index in [1.165, 1.54) is 0 Å². The minimum atomic E-state index is -1.01. The highest BCUT2D eigenvalue weighted by molar-refractivity contribution is 6.09. The Labute approximate surface area is 153 Å². The van der Waals surface area contributed by atoms with E-state index in [0.29, 0.717) is 26.0 Å². The molecule has 4 amide bonds. The summed E-state index contributed by atoms with van der Waals surface area (Å²) in [5.74, 6) is -0.688. The highest BCUT2D eigenvalue weighted by atomic mass is 16.5. The molecule has 26 heavy (non-hydrogen) atoms. The standard InChI is InChI=1S/C19H25N3O4/c1-13(2)26-11-5-10-20-16(23)12-22-17(24)19(21-18(22)25)9-8-14-6-3-4-7-15(14)19/h3-4,6-7,13H,5,8-12H2,1-2H3,(H,20,23)(H,21,25)/t19-/m1/s1. The zero-order valence-corrected chi connectivity index (χ0v) is 15.2. The fourth-order valence-corrected chi connectivity index (χ4v) is 3.55. The lowest BCUT2D eigenvalue weighted by molar-refractivity contribution is -0.135. The lowest BCUT2D eigenvalue weighted by Gasteiger charge is -2.22. The van der Waals surface area contributed by atoms with Crippen LogP contribution in [0.3, 0.4) is 0 Å². The van der Waals surface area contributed by atoms with Gasteiger partial charge in [0, 0.05) is 13.2 Å². The molecule has 1 aliphatic carbocycles. The van der Waals surface area contributed by atoms with Crippen molar-refractivity contribution in [2.75, 3.05) is 19.7 Å². The van der Waals surface area contributed by atoms with E-state index >= 15 is 0 Å². The molecule has 1 heterocycles. The van der Waals surface area contributed by atoms with Gasteiger partial charge in [-0.05, 0) is 44.2 Å². The Bertz CT molecular complexity index is 718. The number of rotatable bonds is 7. The van der Waals surface area contributed by atoms with Crippen molar-refractivity contribution < 1.29 is 19.1 Å². The summed E-state index contributed by atoms with van der Waals surface area (Å²) in [7, 11) is 0. The molecule has 2 aliphatic rings. The van der Waals surface area contributed by atoms with Crippen LogP contribution in [0.25, 0.3) is 0 Å². The third-order valence-corrected chi connectivity index (χ3v) is 4.82. The van der Waals surface area contributed by atoms with E-state index in [1.807, 2.05) is 38.1 Å². The molecule has 3 rings (SSSR count). The molecule has 1 spiro atoms. The normalized spacial score (nSPS) is 21.4. The summed E-state index contributed by atoms with van der Waals surface area (Å²) >= 11 is 0. The average molecular weight is 359 g/mol. The molecule has 1 fully saturated rings. The second-order valence-electron chi connectivity index (χ2n) is 7.01. The molecule has 0 aromatic heterocycles. The number of hydrogen-bond donors (Lipinski definition) is 2. The summed E-state index contributed by atoms with van der Waals surface area (Å²) in [6.45, 7) is 4.64. The number of benzene rings is 1. The third kappa shape index (κ3) is 3.44. The van der Waals surface area contributed by atoms with Gasteiger partial charge in [0.15, 0.2) is 0 Å². The molecule has 1 aromatic rings. The Morgan fingerprint density at radius 1 is 1.35 bits per heavy atom. The summed E-state index contributed by atoms with van der Waals surface area (Å²) < 4.78 is 5.41. The number of carbonyl (C=O) groups excluding carboxylic acids is 3. The van der Waals surface area contributed by atoms with Gasteiger partial charge in [-0.1, -0.05) is 24.3 Å². The Hall–Kier alpha value is -2.41. The first-order valence-corrected chi connectivity index (χ1v) is 9.05. The highest BCUT2D eigenvalue weighted by Gasteiger charge is 2.55. The highest BCUT2D eigenvalue weighted by Crippen LogP contribution is 2.41. The SMILES string of the molecule is CC(C)OCCCNC(=O)CN1C(=O)N[C@@]2(CCc3ccccc32)C1=O. The van der Waals surface area contributed by atoms with Crippen LogP contribution in [0.4, 0.5) is 4.79 Å². The fraction of sp³-hybridized carbons (Fsp3) is 0.526. The van der Waals surface area contributed by atoms with Gasteiger partial charge in [-0.3, -0.25) is 14.5 Å². The molecule has 0 unspecified atom stereocenters. The molecular weight excluding hydrogens is 334 g/mol. The second kappa shape index (κ2) is 7.45. The van der Waals surface area contributed by atoms with Gasteiger partial charge in [0.2, 0.25) is 5.91 Å². The summed E-state index contributed by atoms with van der Waals surface area (Å²) in [4.78, 5) is 38.4. The average Bonchev–Trinajstić information content (AvgIpc) is 3.08. The minimum Gasteiger partial charge on any atom is -0.379 e. The number of ether oxygens (including phenoxy) is 1. The van der Waals surface area contributed by atoms with Crippen LogP contribution < -0.4 is 10.6 Å². The lowest BCUT2D eigenvalue weighted by atomic mass is 9.92. The van der Waals surface area contributed by atoms with E-state index in [4.69, 9.17) is 4.74 Å². The van der Waals surface area contributed by atoms with E-state index in [1.54, 1.807) is 0 Å². The molecule has 1 aromatic carbocycles. The van der Waals surface area contributed by atoms with Crippen molar-refractivity contribution in [1.82, 2.24) is 15.5 Å². The number of aryl methyl sites for hydroxylation is 1. The zero-order valence-electron chi connectivity index (χ0n) is 15.2. The topological polar surface area (TPSA) is 87.7 Å². The number of fused-ring (bicyclic) bond motifs is 2. The van der Waals surface area contributed by atoms with Gasteiger partial charge in [-0.25, -0.2) is 4.79 Å². The number of amides is 4. The molecule has 7 heteroatoms.